The van der Waals surface area contributed by atoms with Crippen molar-refractivity contribution in [3.63, 3.8) is 0 Å². The Hall–Kier alpha value is -3.58. The molecule has 0 amide bonds. The number of ketones is 1. The zero-order valence-corrected chi connectivity index (χ0v) is 17.0. The van der Waals surface area contributed by atoms with Crippen LogP contribution in [0.25, 0.3) is 11.5 Å². The summed E-state index contributed by atoms with van der Waals surface area (Å²) in [5.74, 6) is 2.66. The molecule has 4 aromatic rings. The number of rotatable bonds is 8. The summed E-state index contributed by atoms with van der Waals surface area (Å²) in [4.78, 5) is 12.5. The van der Waals surface area contributed by atoms with E-state index in [4.69, 9.17) is 13.9 Å². The Labute approximate surface area is 177 Å². The molecule has 0 unspecified atom stereocenters. The van der Waals surface area contributed by atoms with Crippen LogP contribution in [0.4, 0.5) is 0 Å². The van der Waals surface area contributed by atoms with Crippen LogP contribution in [0.5, 0.6) is 17.2 Å². The molecular formula is C23H18N2O4S. The number of aromatic nitrogens is 2. The molecule has 0 spiro atoms. The molecule has 0 aliphatic carbocycles. The van der Waals surface area contributed by atoms with E-state index in [0.717, 1.165) is 11.3 Å². The molecule has 0 fully saturated rings. The predicted octanol–water partition coefficient (Wildman–Crippen LogP) is 5.51. The number of Topliss-reactive ketones (excluding diaryl/α,β-unsaturated/α-hetero) is 1. The molecule has 1 aromatic heterocycles. The van der Waals surface area contributed by atoms with E-state index in [1.807, 2.05) is 54.6 Å². The molecule has 1 heterocycles. The van der Waals surface area contributed by atoms with E-state index < -0.39 is 0 Å². The van der Waals surface area contributed by atoms with Gasteiger partial charge in [0.05, 0.1) is 12.9 Å². The fraction of sp³-hybridized carbons (Fsp3) is 0.0870. The smallest absolute Gasteiger partial charge is 0.277 e. The van der Waals surface area contributed by atoms with Gasteiger partial charge in [-0.25, -0.2) is 0 Å². The third-order valence-electron chi connectivity index (χ3n) is 4.21. The topological polar surface area (TPSA) is 74.5 Å². The molecule has 0 saturated carbocycles. The minimum atomic E-state index is -0.0348. The lowest BCUT2D eigenvalue weighted by Crippen LogP contribution is -2.02. The number of methoxy groups -OCH3 is 1. The van der Waals surface area contributed by atoms with E-state index in [0.29, 0.717) is 28.2 Å². The van der Waals surface area contributed by atoms with Gasteiger partial charge in [0.25, 0.3) is 5.22 Å². The first-order chi connectivity index (χ1) is 14.7. The lowest BCUT2D eigenvalue weighted by Gasteiger charge is -2.06. The molecule has 0 radical (unpaired) electrons. The van der Waals surface area contributed by atoms with Gasteiger partial charge in [0.1, 0.15) is 17.2 Å². The molecular weight excluding hydrogens is 400 g/mol. The maximum atomic E-state index is 12.5. The lowest BCUT2D eigenvalue weighted by molar-refractivity contribution is 0.102. The largest absolute Gasteiger partial charge is 0.497 e. The van der Waals surface area contributed by atoms with Crippen molar-refractivity contribution in [2.75, 3.05) is 12.9 Å². The second-order valence-corrected chi connectivity index (χ2v) is 7.18. The molecule has 150 valence electrons. The molecule has 0 saturated heterocycles. The lowest BCUT2D eigenvalue weighted by atomic mass is 10.1. The highest BCUT2D eigenvalue weighted by molar-refractivity contribution is 7.99. The molecule has 0 atom stereocenters. The molecule has 7 heteroatoms. The van der Waals surface area contributed by atoms with Gasteiger partial charge in [0.15, 0.2) is 5.78 Å². The fourth-order valence-electron chi connectivity index (χ4n) is 2.68. The summed E-state index contributed by atoms with van der Waals surface area (Å²) < 4.78 is 16.6. The van der Waals surface area contributed by atoms with E-state index in [1.165, 1.54) is 11.8 Å². The number of hydrogen-bond acceptors (Lipinski definition) is 7. The summed E-state index contributed by atoms with van der Waals surface area (Å²) in [6.07, 6.45) is 0. The summed E-state index contributed by atoms with van der Waals surface area (Å²) in [7, 11) is 1.60. The van der Waals surface area contributed by atoms with Crippen LogP contribution >= 0.6 is 11.8 Å². The fourth-order valence-corrected chi connectivity index (χ4v) is 3.34. The highest BCUT2D eigenvalue weighted by Crippen LogP contribution is 2.27. The van der Waals surface area contributed by atoms with Crippen molar-refractivity contribution in [3.8, 4) is 28.7 Å². The number of ether oxygens (including phenoxy) is 2. The van der Waals surface area contributed by atoms with Crippen molar-refractivity contribution in [2.45, 2.75) is 5.22 Å². The Morgan fingerprint density at radius 1 is 0.900 bits per heavy atom. The van der Waals surface area contributed by atoms with Gasteiger partial charge < -0.3 is 13.9 Å². The van der Waals surface area contributed by atoms with Crippen LogP contribution in [0.2, 0.25) is 0 Å². The zero-order chi connectivity index (χ0) is 20.8. The molecule has 0 N–H and O–H groups in total. The molecule has 4 rings (SSSR count). The van der Waals surface area contributed by atoms with Crippen molar-refractivity contribution in [3.05, 3.63) is 84.4 Å². The number of para-hydroxylation sites is 1. The summed E-state index contributed by atoms with van der Waals surface area (Å²) >= 11 is 1.20. The summed E-state index contributed by atoms with van der Waals surface area (Å²) in [5.41, 5.74) is 1.35. The summed E-state index contributed by atoms with van der Waals surface area (Å²) in [6.45, 7) is 0. The Morgan fingerprint density at radius 3 is 2.40 bits per heavy atom. The first kappa shape index (κ1) is 19.7. The van der Waals surface area contributed by atoms with Crippen LogP contribution in [-0.2, 0) is 0 Å². The summed E-state index contributed by atoms with van der Waals surface area (Å²) in [5, 5.41) is 8.39. The predicted molar refractivity (Wildman–Crippen MR) is 114 cm³/mol. The third-order valence-corrected chi connectivity index (χ3v) is 5.02. The Balaban J connectivity index is 1.35. The molecule has 6 nitrogen and oxygen atoms in total. The van der Waals surface area contributed by atoms with Crippen LogP contribution in [-0.4, -0.2) is 28.8 Å². The van der Waals surface area contributed by atoms with Crippen molar-refractivity contribution in [2.24, 2.45) is 0 Å². The van der Waals surface area contributed by atoms with Crippen LogP contribution < -0.4 is 9.47 Å². The number of hydrogen-bond donors (Lipinski definition) is 0. The van der Waals surface area contributed by atoms with Gasteiger partial charge in [-0.3, -0.25) is 4.79 Å². The monoisotopic (exact) mass is 418 g/mol. The van der Waals surface area contributed by atoms with E-state index in [2.05, 4.69) is 10.2 Å². The highest BCUT2D eigenvalue weighted by Gasteiger charge is 2.13. The minimum Gasteiger partial charge on any atom is -0.497 e. The van der Waals surface area contributed by atoms with Crippen LogP contribution in [0.3, 0.4) is 0 Å². The maximum Gasteiger partial charge on any atom is 0.277 e. The minimum absolute atomic E-state index is 0.0348. The van der Waals surface area contributed by atoms with Gasteiger partial charge in [0, 0.05) is 11.1 Å². The van der Waals surface area contributed by atoms with Gasteiger partial charge in [-0.05, 0) is 54.6 Å². The first-order valence-electron chi connectivity index (χ1n) is 9.18. The van der Waals surface area contributed by atoms with Gasteiger partial charge in [-0.15, -0.1) is 10.2 Å². The Morgan fingerprint density at radius 2 is 1.63 bits per heavy atom. The van der Waals surface area contributed by atoms with Crippen LogP contribution in [0.15, 0.2) is 88.5 Å². The van der Waals surface area contributed by atoms with Crippen LogP contribution in [0, 0.1) is 0 Å². The molecule has 0 bridgehead atoms. The normalized spacial score (nSPS) is 10.6. The molecule has 3 aromatic carbocycles. The number of carbonyl (C=O) groups excluding carboxylic acids is 1. The van der Waals surface area contributed by atoms with Gasteiger partial charge in [-0.2, -0.15) is 0 Å². The zero-order valence-electron chi connectivity index (χ0n) is 16.1. The van der Waals surface area contributed by atoms with E-state index in [1.54, 1.807) is 31.4 Å². The van der Waals surface area contributed by atoms with Gasteiger partial charge in [-0.1, -0.05) is 36.0 Å². The standard InChI is InChI=1S/C23H18N2O4S/c1-27-20-9-5-6-17(14-20)22-24-25-23(29-22)30-15-21(26)16-10-12-19(13-11-16)28-18-7-3-2-4-8-18/h2-14H,15H2,1H3. The number of carbonyl (C=O) groups is 1. The number of benzene rings is 3. The quantitative estimate of drug-likeness (QED) is 0.276. The average Bonchev–Trinajstić information content (AvgIpc) is 3.28. The average molecular weight is 418 g/mol. The Bertz CT molecular complexity index is 1130. The van der Waals surface area contributed by atoms with E-state index >= 15 is 0 Å². The SMILES string of the molecule is COc1cccc(-c2nnc(SCC(=O)c3ccc(Oc4ccccc4)cc3)o2)c1. The van der Waals surface area contributed by atoms with E-state index in [-0.39, 0.29) is 11.5 Å². The summed E-state index contributed by atoms with van der Waals surface area (Å²) in [6, 6.07) is 23.9. The number of thioether (sulfide) groups is 1. The molecule has 0 aliphatic heterocycles. The van der Waals surface area contributed by atoms with Crippen molar-refractivity contribution >= 4 is 17.5 Å². The van der Waals surface area contributed by atoms with Crippen molar-refractivity contribution in [1.29, 1.82) is 0 Å². The van der Waals surface area contributed by atoms with Crippen LogP contribution in [0.1, 0.15) is 10.4 Å². The van der Waals surface area contributed by atoms with Gasteiger partial charge in [0.2, 0.25) is 5.89 Å². The molecule has 0 aliphatic rings. The number of nitrogens with zero attached hydrogens (tertiary/aromatic N) is 2. The second kappa shape index (κ2) is 9.28. The van der Waals surface area contributed by atoms with E-state index in [9.17, 15) is 4.79 Å². The highest BCUT2D eigenvalue weighted by atomic mass is 32.2. The molecule has 30 heavy (non-hydrogen) atoms. The third kappa shape index (κ3) is 4.87. The van der Waals surface area contributed by atoms with Crippen molar-refractivity contribution in [1.82, 2.24) is 10.2 Å². The van der Waals surface area contributed by atoms with Crippen molar-refractivity contribution < 1.29 is 18.7 Å². The second-order valence-electron chi connectivity index (χ2n) is 6.26. The Kier molecular flexibility index (Phi) is 6.10. The maximum absolute atomic E-state index is 12.5. The first-order valence-corrected chi connectivity index (χ1v) is 10.2. The van der Waals surface area contributed by atoms with Gasteiger partial charge >= 0.3 is 0 Å².